The van der Waals surface area contributed by atoms with E-state index in [1.165, 1.54) is 94.7 Å². The van der Waals surface area contributed by atoms with Crippen LogP contribution < -0.4 is 9.80 Å². The van der Waals surface area contributed by atoms with E-state index in [4.69, 9.17) is 0 Å². The summed E-state index contributed by atoms with van der Waals surface area (Å²) in [6, 6.07) is 44.7. The highest BCUT2D eigenvalue weighted by Crippen LogP contribution is 2.51. The highest BCUT2D eigenvalue weighted by molar-refractivity contribution is 6.28. The zero-order valence-corrected chi connectivity index (χ0v) is 41.1. The van der Waals surface area contributed by atoms with Gasteiger partial charge in [0.25, 0.3) is 0 Å². The van der Waals surface area contributed by atoms with Gasteiger partial charge in [-0.1, -0.05) is 72.8 Å². The fourth-order valence-electron chi connectivity index (χ4n) is 10.7. The van der Waals surface area contributed by atoms with Crippen LogP contribution in [0.4, 0.5) is 78.0 Å². The molecule has 0 saturated carbocycles. The van der Waals surface area contributed by atoms with E-state index >= 15 is 43.9 Å². The van der Waals surface area contributed by atoms with Gasteiger partial charge in [0.2, 0.25) is 0 Å². The van der Waals surface area contributed by atoms with Gasteiger partial charge in [-0.15, -0.1) is 0 Å². The largest absolute Gasteiger partial charge is 0.307 e. The van der Waals surface area contributed by atoms with Crippen LogP contribution in [0.2, 0.25) is 0 Å². The lowest BCUT2D eigenvalue weighted by atomic mass is 9.91. The van der Waals surface area contributed by atoms with Gasteiger partial charge in [0.1, 0.15) is 58.2 Å². The van der Waals surface area contributed by atoms with Crippen molar-refractivity contribution in [2.24, 2.45) is 0 Å². The number of halogens is 10. The van der Waals surface area contributed by atoms with Crippen LogP contribution in [0.25, 0.3) is 76.8 Å². The number of nitrogens with zero attached hydrogens (tertiary/aromatic N) is 2. The minimum absolute atomic E-state index is 0.0308. The summed E-state index contributed by atoms with van der Waals surface area (Å²) < 4.78 is 160. The van der Waals surface area contributed by atoms with Crippen molar-refractivity contribution >= 4 is 66.4 Å². The molecule has 12 rings (SSSR count). The Kier molecular flexibility index (Phi) is 12.2. The predicted octanol–water partition coefficient (Wildman–Crippen LogP) is 20.2. The Morgan fingerprint density at radius 2 is 0.526 bits per heavy atom. The molecule has 0 atom stereocenters. The molecule has 0 bridgehead atoms. The lowest BCUT2D eigenvalue weighted by Gasteiger charge is -2.30. The molecule has 0 saturated heterocycles. The van der Waals surface area contributed by atoms with E-state index < -0.39 is 80.4 Å². The van der Waals surface area contributed by atoms with Crippen molar-refractivity contribution < 1.29 is 43.9 Å². The average Bonchev–Trinajstić information content (AvgIpc) is 3.59. The molecule has 0 aliphatic carbocycles. The maximum atomic E-state index is 16.9. The fourth-order valence-corrected chi connectivity index (χ4v) is 10.7. The number of hydrogen-bond donors (Lipinski definition) is 0. The summed E-state index contributed by atoms with van der Waals surface area (Å²) >= 11 is 0. The van der Waals surface area contributed by atoms with E-state index in [2.05, 4.69) is 0 Å². The molecule has 2 nitrogen and oxygen atoms in total. The first-order chi connectivity index (χ1) is 37.6. The molecule has 12 heteroatoms. The fraction of sp³-hybridized carbons (Fsp3) is 0.0303. The van der Waals surface area contributed by atoms with E-state index in [9.17, 15) is 0 Å². The topological polar surface area (TPSA) is 6.48 Å². The van der Waals surface area contributed by atoms with Crippen molar-refractivity contribution in [3.8, 4) is 44.5 Å². The Hall–Kier alpha value is -9.42. The van der Waals surface area contributed by atoms with E-state index in [0.717, 1.165) is 48.5 Å². The van der Waals surface area contributed by atoms with Gasteiger partial charge in [0.15, 0.2) is 0 Å². The SMILES string of the molecule is Cc1ccc(N(c2cc(-c3c(F)cccc3F)cc(-c3c(F)cccc3F)c2)c2ccc3ccc4c(N(c5cc(-c6c(F)cccc6F)cc(-c6c(F)cccc6F)c5)c5ccc(C)cc5F)ccc5ccc2c3c54)c(F)c1. The zero-order chi connectivity index (χ0) is 54.3. The van der Waals surface area contributed by atoms with Crippen LogP contribution in [0.1, 0.15) is 11.1 Å². The maximum absolute atomic E-state index is 16.9. The summed E-state index contributed by atoms with van der Waals surface area (Å²) in [4.78, 5) is 3.02. The molecule has 78 heavy (non-hydrogen) atoms. The summed E-state index contributed by atoms with van der Waals surface area (Å²) in [5, 5.41) is 3.61. The molecule has 0 aromatic heterocycles. The molecule has 0 aliphatic rings. The van der Waals surface area contributed by atoms with Crippen LogP contribution in [0, 0.1) is 72.0 Å². The molecule has 0 unspecified atom stereocenters. The molecule has 0 aliphatic heterocycles. The Labute approximate surface area is 440 Å². The van der Waals surface area contributed by atoms with E-state index in [1.54, 1.807) is 50.2 Å². The molecule has 0 radical (unpaired) electrons. The van der Waals surface area contributed by atoms with Crippen LogP contribution >= 0.6 is 0 Å². The molecule has 0 spiro atoms. The maximum Gasteiger partial charge on any atom is 0.147 e. The molecular formula is C66H38F10N2. The first kappa shape index (κ1) is 49.5. The van der Waals surface area contributed by atoms with Gasteiger partial charge in [-0.3, -0.25) is 0 Å². The Bertz CT molecular complexity index is 3900. The van der Waals surface area contributed by atoms with Crippen molar-refractivity contribution in [2.75, 3.05) is 9.80 Å². The highest BCUT2D eigenvalue weighted by atomic mass is 19.2. The van der Waals surface area contributed by atoms with E-state index in [-0.39, 0.29) is 45.0 Å². The zero-order valence-electron chi connectivity index (χ0n) is 41.1. The monoisotopic (exact) mass is 1050 g/mol. The van der Waals surface area contributed by atoms with Gasteiger partial charge < -0.3 is 9.80 Å². The molecule has 12 aromatic rings. The molecule has 0 heterocycles. The standard InChI is InChI=1S/C66H38F10N2/c1-35-15-23-59(55(75)27-35)77(43-31-39(63-47(67)7-3-8-48(63)68)29-40(32-43)64-49(69)9-4-10-50(64)70)57-25-19-37-18-22-46-58(26-20-38-17-21-45(57)61(37)62(38)46)78(60-24-16-36(2)28-56(60)76)44-33-41(65-51(71)11-5-12-52(65)72)30-42(34-44)66-53(73)13-6-14-54(66)74/h3-34H,1-2H3. The number of aryl methyl sites for hydroxylation is 2. The van der Waals surface area contributed by atoms with Gasteiger partial charge in [-0.2, -0.15) is 0 Å². The molecule has 382 valence electrons. The van der Waals surface area contributed by atoms with Gasteiger partial charge >= 0.3 is 0 Å². The summed E-state index contributed by atoms with van der Waals surface area (Å²) in [6.45, 7) is 3.40. The molecule has 0 amide bonds. The van der Waals surface area contributed by atoms with Crippen molar-refractivity contribution in [2.45, 2.75) is 13.8 Å². The predicted molar refractivity (Wildman–Crippen MR) is 290 cm³/mol. The van der Waals surface area contributed by atoms with Crippen molar-refractivity contribution in [3.05, 3.63) is 263 Å². The minimum atomic E-state index is -0.958. The second-order valence-electron chi connectivity index (χ2n) is 19.1. The number of benzene rings is 12. The van der Waals surface area contributed by atoms with Gasteiger partial charge in [-0.25, -0.2) is 43.9 Å². The molecule has 0 N–H and O–H groups in total. The number of hydrogen-bond acceptors (Lipinski definition) is 2. The van der Waals surface area contributed by atoms with Crippen LogP contribution in [-0.4, -0.2) is 0 Å². The number of anilines is 6. The first-order valence-electron chi connectivity index (χ1n) is 24.5. The second kappa shape index (κ2) is 19.3. The van der Waals surface area contributed by atoms with Crippen LogP contribution in [0.15, 0.2) is 194 Å². The third-order valence-corrected chi connectivity index (χ3v) is 14.1. The molecule has 12 aromatic carbocycles. The first-order valence-corrected chi connectivity index (χ1v) is 24.5. The smallest absolute Gasteiger partial charge is 0.147 e. The Morgan fingerprint density at radius 1 is 0.256 bits per heavy atom. The number of rotatable bonds is 10. The third-order valence-electron chi connectivity index (χ3n) is 14.1. The summed E-state index contributed by atoms with van der Waals surface area (Å²) in [7, 11) is 0. The van der Waals surface area contributed by atoms with E-state index in [0.29, 0.717) is 54.8 Å². The van der Waals surface area contributed by atoms with Gasteiger partial charge in [-0.05, 0) is 190 Å². The van der Waals surface area contributed by atoms with Crippen LogP contribution in [0.3, 0.4) is 0 Å². The third kappa shape index (κ3) is 8.40. The summed E-state index contributed by atoms with van der Waals surface area (Å²) in [6.07, 6.45) is 0. The highest BCUT2D eigenvalue weighted by Gasteiger charge is 2.28. The lowest BCUT2D eigenvalue weighted by molar-refractivity contribution is 0.588. The van der Waals surface area contributed by atoms with Gasteiger partial charge in [0, 0.05) is 22.1 Å². The Balaban J connectivity index is 1.15. The van der Waals surface area contributed by atoms with Crippen molar-refractivity contribution in [3.63, 3.8) is 0 Å². The van der Waals surface area contributed by atoms with Crippen LogP contribution in [0.5, 0.6) is 0 Å². The van der Waals surface area contributed by atoms with Crippen molar-refractivity contribution in [1.29, 1.82) is 0 Å². The average molecular weight is 1050 g/mol. The summed E-state index contributed by atoms with van der Waals surface area (Å²) in [5.41, 5.74) is -0.509. The molecular weight excluding hydrogens is 1010 g/mol. The molecule has 0 fully saturated rings. The van der Waals surface area contributed by atoms with Crippen molar-refractivity contribution in [1.82, 2.24) is 0 Å². The van der Waals surface area contributed by atoms with E-state index in [1.807, 2.05) is 24.3 Å². The van der Waals surface area contributed by atoms with Crippen LogP contribution in [-0.2, 0) is 0 Å². The minimum Gasteiger partial charge on any atom is -0.307 e. The second-order valence-corrected chi connectivity index (χ2v) is 19.1. The lowest BCUT2D eigenvalue weighted by Crippen LogP contribution is -2.14. The van der Waals surface area contributed by atoms with Gasteiger partial charge in [0.05, 0.1) is 45.0 Å². The quantitative estimate of drug-likeness (QED) is 0.0995. The Morgan fingerprint density at radius 3 is 0.808 bits per heavy atom. The summed E-state index contributed by atoms with van der Waals surface area (Å²) in [5.74, 6) is -9.07. The normalized spacial score (nSPS) is 11.6.